The molecule has 0 aliphatic rings. The highest BCUT2D eigenvalue weighted by Gasteiger charge is 2.14. The fourth-order valence-corrected chi connectivity index (χ4v) is 2.47. The molecule has 0 saturated carbocycles. The zero-order valence-corrected chi connectivity index (χ0v) is 12.6. The Hall–Kier alpha value is -3.41. The summed E-state index contributed by atoms with van der Waals surface area (Å²) in [5.41, 5.74) is 0.532. The number of hydrogen-bond acceptors (Lipinski definition) is 6. The van der Waals surface area contributed by atoms with Gasteiger partial charge < -0.3 is 13.6 Å². The SMILES string of the molecule is CC(=O)Oc1ccc2nc(-c3cc4ccccc4o3)oc(=O)c2c1. The fourth-order valence-electron chi connectivity index (χ4n) is 2.47. The van der Waals surface area contributed by atoms with Crippen LogP contribution in [0.2, 0.25) is 0 Å². The average molecular weight is 321 g/mol. The Labute approximate surface area is 135 Å². The maximum atomic E-state index is 12.2. The van der Waals surface area contributed by atoms with Crippen LogP contribution in [0, 0.1) is 0 Å². The van der Waals surface area contributed by atoms with Gasteiger partial charge in [-0.25, -0.2) is 9.78 Å². The van der Waals surface area contributed by atoms with Crippen molar-refractivity contribution < 1.29 is 18.4 Å². The summed E-state index contributed by atoms with van der Waals surface area (Å²) in [4.78, 5) is 27.6. The number of esters is 1. The highest BCUT2D eigenvalue weighted by Crippen LogP contribution is 2.27. The van der Waals surface area contributed by atoms with Crippen molar-refractivity contribution in [2.75, 3.05) is 0 Å². The zero-order chi connectivity index (χ0) is 16.7. The number of aromatic nitrogens is 1. The molecule has 118 valence electrons. The van der Waals surface area contributed by atoms with Crippen LogP contribution in [0.1, 0.15) is 6.92 Å². The van der Waals surface area contributed by atoms with Crippen LogP contribution in [0.25, 0.3) is 33.5 Å². The monoisotopic (exact) mass is 321 g/mol. The number of benzene rings is 2. The lowest BCUT2D eigenvalue weighted by atomic mass is 10.2. The van der Waals surface area contributed by atoms with Crippen molar-refractivity contribution in [1.82, 2.24) is 4.98 Å². The van der Waals surface area contributed by atoms with Gasteiger partial charge in [0.05, 0.1) is 10.9 Å². The van der Waals surface area contributed by atoms with Gasteiger partial charge in [0.15, 0.2) is 5.76 Å². The van der Waals surface area contributed by atoms with Crippen LogP contribution in [-0.2, 0) is 4.79 Å². The number of carbonyl (C=O) groups is 1. The standard InChI is InChI=1S/C18H11NO5/c1-10(20)22-12-6-7-14-13(9-12)18(21)24-17(19-14)16-8-11-4-2-3-5-15(11)23-16/h2-9H,1H3. The molecule has 6 heteroatoms. The Kier molecular flexibility index (Phi) is 3.16. The van der Waals surface area contributed by atoms with E-state index in [-0.39, 0.29) is 17.0 Å². The summed E-state index contributed by atoms with van der Waals surface area (Å²) in [6, 6.07) is 13.8. The van der Waals surface area contributed by atoms with E-state index in [2.05, 4.69) is 4.98 Å². The van der Waals surface area contributed by atoms with Crippen molar-refractivity contribution in [1.29, 1.82) is 0 Å². The third-order valence-corrected chi connectivity index (χ3v) is 3.50. The summed E-state index contributed by atoms with van der Waals surface area (Å²) in [6.45, 7) is 1.29. The molecule has 0 aliphatic carbocycles. The molecule has 24 heavy (non-hydrogen) atoms. The first-order valence-electron chi connectivity index (χ1n) is 7.22. The van der Waals surface area contributed by atoms with Crippen molar-refractivity contribution in [3.63, 3.8) is 0 Å². The molecule has 4 aromatic rings. The van der Waals surface area contributed by atoms with Crippen LogP contribution in [0.15, 0.2) is 62.2 Å². The van der Waals surface area contributed by atoms with E-state index in [1.165, 1.54) is 13.0 Å². The molecular formula is C18H11NO5. The quantitative estimate of drug-likeness (QED) is 0.415. The van der Waals surface area contributed by atoms with Gasteiger partial charge in [-0.15, -0.1) is 0 Å². The van der Waals surface area contributed by atoms with Crippen molar-refractivity contribution >= 4 is 27.8 Å². The summed E-state index contributed by atoms with van der Waals surface area (Å²) in [5, 5.41) is 1.12. The topological polar surface area (TPSA) is 82.5 Å². The lowest BCUT2D eigenvalue weighted by Gasteiger charge is -2.03. The fraction of sp³-hybridized carbons (Fsp3) is 0.0556. The minimum absolute atomic E-state index is 0.101. The van der Waals surface area contributed by atoms with Crippen LogP contribution < -0.4 is 10.4 Å². The molecule has 2 aromatic heterocycles. The molecule has 2 aromatic carbocycles. The summed E-state index contributed by atoms with van der Waals surface area (Å²) in [7, 11) is 0. The maximum Gasteiger partial charge on any atom is 0.347 e. The second-order valence-electron chi connectivity index (χ2n) is 5.23. The van der Waals surface area contributed by atoms with Crippen LogP contribution >= 0.6 is 0 Å². The normalized spacial score (nSPS) is 11.0. The number of fused-ring (bicyclic) bond motifs is 2. The van der Waals surface area contributed by atoms with E-state index in [0.29, 0.717) is 16.9 Å². The molecule has 0 spiro atoms. The smallest absolute Gasteiger partial charge is 0.347 e. The second kappa shape index (κ2) is 5.34. The van der Waals surface area contributed by atoms with Crippen molar-refractivity contribution in [2.45, 2.75) is 6.92 Å². The van der Waals surface area contributed by atoms with Crippen molar-refractivity contribution in [2.24, 2.45) is 0 Å². The average Bonchev–Trinajstić information content (AvgIpc) is 2.99. The van der Waals surface area contributed by atoms with Gasteiger partial charge in [0, 0.05) is 12.3 Å². The second-order valence-corrected chi connectivity index (χ2v) is 5.23. The summed E-state index contributed by atoms with van der Waals surface area (Å²) >= 11 is 0. The van der Waals surface area contributed by atoms with E-state index in [9.17, 15) is 9.59 Å². The molecule has 0 unspecified atom stereocenters. The molecule has 0 N–H and O–H groups in total. The Morgan fingerprint density at radius 1 is 1.08 bits per heavy atom. The van der Waals surface area contributed by atoms with Gasteiger partial charge in [-0.3, -0.25) is 4.79 Å². The number of carbonyl (C=O) groups excluding carboxylic acids is 1. The third kappa shape index (κ3) is 2.44. The molecule has 0 amide bonds. The number of ether oxygens (including phenoxy) is 1. The molecule has 6 nitrogen and oxygen atoms in total. The number of nitrogens with zero attached hydrogens (tertiary/aromatic N) is 1. The van der Waals surface area contributed by atoms with Gasteiger partial charge in [-0.1, -0.05) is 18.2 Å². The van der Waals surface area contributed by atoms with E-state index in [1.807, 2.05) is 24.3 Å². The number of para-hydroxylation sites is 1. The lowest BCUT2D eigenvalue weighted by molar-refractivity contribution is -0.131. The maximum absolute atomic E-state index is 12.2. The molecule has 0 atom stereocenters. The Morgan fingerprint density at radius 2 is 1.92 bits per heavy atom. The van der Waals surface area contributed by atoms with Gasteiger partial charge in [0.25, 0.3) is 5.89 Å². The molecule has 0 bridgehead atoms. The first-order valence-corrected chi connectivity index (χ1v) is 7.22. The first kappa shape index (κ1) is 14.2. The van der Waals surface area contributed by atoms with E-state index in [4.69, 9.17) is 13.6 Å². The van der Waals surface area contributed by atoms with E-state index < -0.39 is 11.6 Å². The highest BCUT2D eigenvalue weighted by molar-refractivity contribution is 5.84. The lowest BCUT2D eigenvalue weighted by Crippen LogP contribution is -2.05. The molecule has 0 radical (unpaired) electrons. The van der Waals surface area contributed by atoms with E-state index in [0.717, 1.165) is 5.39 Å². The molecular weight excluding hydrogens is 310 g/mol. The molecule has 2 heterocycles. The van der Waals surface area contributed by atoms with Crippen molar-refractivity contribution in [3.8, 4) is 17.4 Å². The summed E-state index contributed by atoms with van der Waals surface area (Å²) in [6.07, 6.45) is 0. The van der Waals surface area contributed by atoms with Crippen LogP contribution in [0.4, 0.5) is 0 Å². The van der Waals surface area contributed by atoms with Gasteiger partial charge in [0.2, 0.25) is 0 Å². The zero-order valence-electron chi connectivity index (χ0n) is 12.6. The number of furan rings is 1. The van der Waals surface area contributed by atoms with Gasteiger partial charge in [0.1, 0.15) is 11.3 Å². The van der Waals surface area contributed by atoms with Crippen molar-refractivity contribution in [3.05, 3.63) is 59.0 Å². The Bertz CT molecular complexity index is 1110. The molecule has 0 fully saturated rings. The largest absolute Gasteiger partial charge is 0.451 e. The molecule has 0 saturated heterocycles. The van der Waals surface area contributed by atoms with Gasteiger partial charge in [-0.2, -0.15) is 0 Å². The van der Waals surface area contributed by atoms with Gasteiger partial charge in [-0.05, 0) is 30.3 Å². The minimum atomic E-state index is -0.579. The Balaban J connectivity index is 1.85. The molecule has 4 rings (SSSR count). The first-order chi connectivity index (χ1) is 11.6. The number of hydrogen-bond donors (Lipinski definition) is 0. The summed E-state index contributed by atoms with van der Waals surface area (Å²) in [5.74, 6) is 0.273. The summed E-state index contributed by atoms with van der Waals surface area (Å²) < 4.78 is 15.9. The highest BCUT2D eigenvalue weighted by atomic mass is 16.5. The van der Waals surface area contributed by atoms with Crippen LogP contribution in [0.5, 0.6) is 5.75 Å². The molecule has 0 aliphatic heterocycles. The predicted octanol–water partition coefficient (Wildman–Crippen LogP) is 3.53. The van der Waals surface area contributed by atoms with E-state index >= 15 is 0 Å². The van der Waals surface area contributed by atoms with E-state index in [1.54, 1.807) is 18.2 Å². The Morgan fingerprint density at radius 3 is 2.71 bits per heavy atom. The van der Waals surface area contributed by atoms with Gasteiger partial charge >= 0.3 is 11.6 Å². The van der Waals surface area contributed by atoms with Crippen LogP contribution in [-0.4, -0.2) is 11.0 Å². The minimum Gasteiger partial charge on any atom is -0.451 e. The number of rotatable bonds is 2. The predicted molar refractivity (Wildman–Crippen MR) is 86.8 cm³/mol. The third-order valence-electron chi connectivity index (χ3n) is 3.50. The van der Waals surface area contributed by atoms with Crippen LogP contribution in [0.3, 0.4) is 0 Å².